The van der Waals surface area contributed by atoms with Crippen LogP contribution in [0.1, 0.15) is 48.3 Å². The minimum absolute atomic E-state index is 0.208. The van der Waals surface area contributed by atoms with Gasteiger partial charge in [-0.25, -0.2) is 4.68 Å². The lowest BCUT2D eigenvalue weighted by molar-refractivity contribution is 0.164. The summed E-state index contributed by atoms with van der Waals surface area (Å²) in [6.07, 6.45) is 2.11. The first-order valence-corrected chi connectivity index (χ1v) is 11.8. The van der Waals surface area contributed by atoms with Gasteiger partial charge in [-0.1, -0.05) is 31.5 Å². The molecule has 33 heavy (non-hydrogen) atoms. The smallest absolute Gasteiger partial charge is 0.231 e. The highest BCUT2D eigenvalue weighted by Gasteiger charge is 2.29. The van der Waals surface area contributed by atoms with E-state index in [0.29, 0.717) is 6.54 Å². The van der Waals surface area contributed by atoms with Gasteiger partial charge in [-0.05, 0) is 65.6 Å². The summed E-state index contributed by atoms with van der Waals surface area (Å²) in [4.78, 5) is 5.06. The number of tetrazole rings is 1. The molecular weight excluding hydrogens is 416 g/mol. The highest BCUT2D eigenvalue weighted by molar-refractivity contribution is 5.55. The standard InChI is InChI=1S/C25H32N6O2/c1-4-5-21(29-10-12-30(13-11-29)22-14-18(2)6-7-19(22)3)25-26-27-28-31(25)16-20-8-9-23-24(15-20)33-17-32-23/h6-9,14-15,21H,4-5,10-13,16-17H2,1-3H3/t21-/m1/s1. The van der Waals surface area contributed by atoms with E-state index in [0.717, 1.165) is 61.9 Å². The molecule has 3 aromatic rings. The molecule has 0 bridgehead atoms. The first-order chi connectivity index (χ1) is 16.1. The predicted molar refractivity (Wildman–Crippen MR) is 127 cm³/mol. The Hall–Kier alpha value is -3.13. The maximum Gasteiger partial charge on any atom is 0.231 e. The van der Waals surface area contributed by atoms with Crippen molar-refractivity contribution in [3.05, 3.63) is 58.9 Å². The molecule has 1 fully saturated rings. The monoisotopic (exact) mass is 448 g/mol. The zero-order valence-corrected chi connectivity index (χ0v) is 19.7. The summed E-state index contributed by atoms with van der Waals surface area (Å²) >= 11 is 0. The second-order valence-corrected chi connectivity index (χ2v) is 9.00. The molecule has 0 saturated carbocycles. The number of aromatic nitrogens is 4. The molecule has 1 atom stereocenters. The lowest BCUT2D eigenvalue weighted by Crippen LogP contribution is -2.48. The van der Waals surface area contributed by atoms with Gasteiger partial charge in [0.15, 0.2) is 17.3 Å². The summed E-state index contributed by atoms with van der Waals surface area (Å²) < 4.78 is 12.9. The maximum atomic E-state index is 5.54. The zero-order valence-electron chi connectivity index (χ0n) is 19.7. The van der Waals surface area contributed by atoms with Crippen LogP contribution >= 0.6 is 0 Å². The van der Waals surface area contributed by atoms with Crippen molar-refractivity contribution in [2.24, 2.45) is 0 Å². The fourth-order valence-electron chi connectivity index (χ4n) is 4.86. The summed E-state index contributed by atoms with van der Waals surface area (Å²) in [6, 6.07) is 13.0. The van der Waals surface area contributed by atoms with Crippen LogP contribution in [0.15, 0.2) is 36.4 Å². The van der Waals surface area contributed by atoms with Crippen molar-refractivity contribution in [3.8, 4) is 11.5 Å². The number of piperazine rings is 1. The molecule has 1 aromatic heterocycles. The van der Waals surface area contributed by atoms with Crippen molar-refractivity contribution in [1.29, 1.82) is 0 Å². The summed E-state index contributed by atoms with van der Waals surface area (Å²) in [5.41, 5.74) is 5.11. The van der Waals surface area contributed by atoms with Crippen LogP contribution < -0.4 is 14.4 Å². The molecule has 2 aliphatic rings. The van der Waals surface area contributed by atoms with Gasteiger partial charge in [-0.15, -0.1) is 5.10 Å². The molecule has 2 aromatic carbocycles. The molecule has 174 valence electrons. The van der Waals surface area contributed by atoms with Gasteiger partial charge in [0.05, 0.1) is 12.6 Å². The molecule has 1 saturated heterocycles. The number of ether oxygens (including phenoxy) is 2. The molecule has 0 radical (unpaired) electrons. The van der Waals surface area contributed by atoms with Crippen molar-refractivity contribution < 1.29 is 9.47 Å². The van der Waals surface area contributed by atoms with Crippen LogP contribution in [0.5, 0.6) is 11.5 Å². The van der Waals surface area contributed by atoms with E-state index in [1.807, 2.05) is 16.8 Å². The SMILES string of the molecule is CCC[C@H](c1nnnn1Cc1ccc2c(c1)OCO2)N1CCN(c2cc(C)ccc2C)CC1. The van der Waals surface area contributed by atoms with Gasteiger partial charge in [0.2, 0.25) is 6.79 Å². The second-order valence-electron chi connectivity index (χ2n) is 9.00. The molecule has 8 nitrogen and oxygen atoms in total. The highest BCUT2D eigenvalue weighted by atomic mass is 16.7. The summed E-state index contributed by atoms with van der Waals surface area (Å²) in [5, 5.41) is 12.8. The van der Waals surface area contributed by atoms with Crippen LogP contribution in [0, 0.1) is 13.8 Å². The largest absolute Gasteiger partial charge is 0.454 e. The van der Waals surface area contributed by atoms with Gasteiger partial charge in [0, 0.05) is 31.9 Å². The van der Waals surface area contributed by atoms with Crippen molar-refractivity contribution in [3.63, 3.8) is 0 Å². The normalized spacial score (nSPS) is 16.9. The first kappa shape index (κ1) is 21.7. The molecule has 0 aliphatic carbocycles. The highest BCUT2D eigenvalue weighted by Crippen LogP contribution is 2.33. The van der Waals surface area contributed by atoms with Crippen LogP contribution in [-0.4, -0.2) is 58.1 Å². The van der Waals surface area contributed by atoms with Gasteiger partial charge >= 0.3 is 0 Å². The van der Waals surface area contributed by atoms with E-state index in [-0.39, 0.29) is 12.8 Å². The summed E-state index contributed by atoms with van der Waals surface area (Å²) in [5.74, 6) is 2.52. The van der Waals surface area contributed by atoms with E-state index in [1.165, 1.54) is 16.8 Å². The van der Waals surface area contributed by atoms with Crippen molar-refractivity contribution >= 4 is 5.69 Å². The lowest BCUT2D eigenvalue weighted by atomic mass is 10.1. The molecule has 8 heteroatoms. The summed E-state index contributed by atoms with van der Waals surface area (Å²) in [6.45, 7) is 11.5. The Morgan fingerprint density at radius 3 is 2.61 bits per heavy atom. The quantitative estimate of drug-likeness (QED) is 0.545. The van der Waals surface area contributed by atoms with Gasteiger partial charge in [-0.2, -0.15) is 0 Å². The molecule has 0 N–H and O–H groups in total. The third-order valence-corrected chi connectivity index (χ3v) is 6.65. The van der Waals surface area contributed by atoms with Crippen LogP contribution in [-0.2, 0) is 6.54 Å². The Labute approximate surface area is 195 Å². The van der Waals surface area contributed by atoms with E-state index in [1.54, 1.807) is 0 Å². The number of hydrogen-bond donors (Lipinski definition) is 0. The van der Waals surface area contributed by atoms with Crippen molar-refractivity contribution in [2.45, 2.75) is 46.2 Å². The fourth-order valence-corrected chi connectivity index (χ4v) is 4.86. The lowest BCUT2D eigenvalue weighted by Gasteiger charge is -2.40. The number of fused-ring (bicyclic) bond motifs is 1. The minimum atomic E-state index is 0.208. The molecule has 0 amide bonds. The fraction of sp³-hybridized carbons (Fsp3) is 0.480. The molecule has 0 spiro atoms. The van der Waals surface area contributed by atoms with Crippen LogP contribution in [0.4, 0.5) is 5.69 Å². The van der Waals surface area contributed by atoms with Gasteiger partial charge < -0.3 is 14.4 Å². The Morgan fingerprint density at radius 1 is 0.970 bits per heavy atom. The number of anilines is 1. The number of nitrogens with zero attached hydrogens (tertiary/aromatic N) is 6. The van der Waals surface area contributed by atoms with Gasteiger partial charge in [0.25, 0.3) is 0 Å². The minimum Gasteiger partial charge on any atom is -0.454 e. The Bertz CT molecular complexity index is 1110. The number of hydrogen-bond acceptors (Lipinski definition) is 7. The Kier molecular flexibility index (Phi) is 6.17. The molecule has 2 aliphatic heterocycles. The van der Waals surface area contributed by atoms with Gasteiger partial charge in [-0.3, -0.25) is 4.90 Å². The molecular formula is C25H32N6O2. The van der Waals surface area contributed by atoms with E-state index >= 15 is 0 Å². The molecule has 3 heterocycles. The van der Waals surface area contributed by atoms with E-state index in [4.69, 9.17) is 9.47 Å². The van der Waals surface area contributed by atoms with Crippen LogP contribution in [0.3, 0.4) is 0 Å². The topological polar surface area (TPSA) is 68.5 Å². The maximum absolute atomic E-state index is 5.54. The zero-order chi connectivity index (χ0) is 22.8. The second kappa shape index (κ2) is 9.39. The van der Waals surface area contributed by atoms with Crippen LogP contribution in [0.25, 0.3) is 0 Å². The van der Waals surface area contributed by atoms with E-state index < -0.39 is 0 Å². The van der Waals surface area contributed by atoms with Crippen molar-refractivity contribution in [2.75, 3.05) is 37.9 Å². The first-order valence-electron chi connectivity index (χ1n) is 11.8. The van der Waals surface area contributed by atoms with Crippen LogP contribution in [0.2, 0.25) is 0 Å². The number of benzene rings is 2. The van der Waals surface area contributed by atoms with Gasteiger partial charge in [0.1, 0.15) is 0 Å². The number of rotatable bonds is 7. The van der Waals surface area contributed by atoms with E-state index in [9.17, 15) is 0 Å². The number of aryl methyl sites for hydroxylation is 2. The molecule has 0 unspecified atom stereocenters. The molecule has 5 rings (SSSR count). The third-order valence-electron chi connectivity index (χ3n) is 6.65. The van der Waals surface area contributed by atoms with Crippen molar-refractivity contribution in [1.82, 2.24) is 25.1 Å². The average molecular weight is 449 g/mol. The summed E-state index contributed by atoms with van der Waals surface area (Å²) in [7, 11) is 0. The Balaban J connectivity index is 1.31. The predicted octanol–water partition coefficient (Wildman–Crippen LogP) is 3.73. The van der Waals surface area contributed by atoms with E-state index in [2.05, 4.69) is 70.4 Å². The average Bonchev–Trinajstić information content (AvgIpc) is 3.48. The third kappa shape index (κ3) is 4.53. The Morgan fingerprint density at radius 2 is 1.79 bits per heavy atom.